The maximum Gasteiger partial charge on any atom is 0.0835 e. The molecular formula is C13H26N2O2S. The second-order valence-corrected chi connectivity index (χ2v) is 7.60. The average molecular weight is 274 g/mol. The zero-order chi connectivity index (χ0) is 13.4. The fourth-order valence-electron chi connectivity index (χ4n) is 3.36. The van der Waals surface area contributed by atoms with Crippen LogP contribution in [0.1, 0.15) is 34.1 Å². The number of hydrogen-bond donors (Lipinski definition) is 2. The Balaban J connectivity index is 2.11. The van der Waals surface area contributed by atoms with Gasteiger partial charge in [0, 0.05) is 17.4 Å². The van der Waals surface area contributed by atoms with Crippen LogP contribution in [0.3, 0.4) is 0 Å². The van der Waals surface area contributed by atoms with E-state index in [0.717, 1.165) is 24.5 Å². The molecule has 0 aromatic heterocycles. The molecule has 3 N–H and O–H groups in total. The van der Waals surface area contributed by atoms with Gasteiger partial charge in [0.1, 0.15) is 0 Å². The summed E-state index contributed by atoms with van der Waals surface area (Å²) < 4.78 is 12.1. The lowest BCUT2D eigenvalue weighted by molar-refractivity contribution is -0.0848. The highest BCUT2D eigenvalue weighted by Crippen LogP contribution is 2.44. The summed E-state index contributed by atoms with van der Waals surface area (Å²) in [7, 11) is 0. The molecule has 3 atom stereocenters. The van der Waals surface area contributed by atoms with E-state index in [1.165, 1.54) is 0 Å². The molecule has 0 aromatic rings. The third-order valence-corrected chi connectivity index (χ3v) is 5.03. The number of nitrogens with one attached hydrogen (secondary N) is 1. The molecule has 0 aliphatic carbocycles. The molecule has 5 heteroatoms. The molecule has 0 saturated carbocycles. The monoisotopic (exact) mass is 274 g/mol. The Hall–Kier alpha value is 0.190. The largest absolute Gasteiger partial charge is 0.375 e. The Morgan fingerprint density at radius 2 is 2.06 bits per heavy atom. The molecule has 0 radical (unpaired) electrons. The van der Waals surface area contributed by atoms with Gasteiger partial charge in [-0.05, 0) is 34.1 Å². The lowest BCUT2D eigenvalue weighted by atomic mass is 9.80. The van der Waals surface area contributed by atoms with Crippen molar-refractivity contribution in [3.05, 3.63) is 0 Å². The Morgan fingerprint density at radius 1 is 1.33 bits per heavy atom. The molecule has 3 unspecified atom stereocenters. The van der Waals surface area contributed by atoms with Crippen LogP contribution >= 0.6 is 11.8 Å². The van der Waals surface area contributed by atoms with Crippen molar-refractivity contribution in [1.82, 2.24) is 5.43 Å². The van der Waals surface area contributed by atoms with Gasteiger partial charge in [0.2, 0.25) is 0 Å². The van der Waals surface area contributed by atoms with Crippen LogP contribution in [0.2, 0.25) is 0 Å². The van der Waals surface area contributed by atoms with E-state index in [2.05, 4.69) is 33.1 Å². The highest BCUT2D eigenvalue weighted by molar-refractivity contribution is 7.99. The van der Waals surface area contributed by atoms with Crippen LogP contribution in [0.5, 0.6) is 0 Å². The van der Waals surface area contributed by atoms with Crippen molar-refractivity contribution in [3.63, 3.8) is 0 Å². The van der Waals surface area contributed by atoms with E-state index >= 15 is 0 Å². The van der Waals surface area contributed by atoms with Gasteiger partial charge in [-0.1, -0.05) is 0 Å². The lowest BCUT2D eigenvalue weighted by Gasteiger charge is -2.38. The van der Waals surface area contributed by atoms with Gasteiger partial charge in [0.25, 0.3) is 0 Å². The van der Waals surface area contributed by atoms with E-state index in [1.54, 1.807) is 0 Å². The molecule has 0 aromatic carbocycles. The molecule has 2 saturated heterocycles. The minimum absolute atomic E-state index is 0.0783. The second kappa shape index (κ2) is 5.29. The third kappa shape index (κ3) is 3.02. The smallest absolute Gasteiger partial charge is 0.0835 e. The molecule has 106 valence electrons. The molecule has 4 nitrogen and oxygen atoms in total. The molecule has 0 bridgehead atoms. The number of hydrogen-bond acceptors (Lipinski definition) is 5. The van der Waals surface area contributed by atoms with Crippen molar-refractivity contribution < 1.29 is 9.47 Å². The van der Waals surface area contributed by atoms with Crippen LogP contribution in [0.25, 0.3) is 0 Å². The van der Waals surface area contributed by atoms with Gasteiger partial charge < -0.3 is 9.47 Å². The number of rotatable bonds is 3. The molecule has 2 fully saturated rings. The molecule has 2 aliphatic rings. The Kier molecular flexibility index (Phi) is 4.29. The predicted molar refractivity (Wildman–Crippen MR) is 75.5 cm³/mol. The van der Waals surface area contributed by atoms with Crippen molar-refractivity contribution in [2.24, 2.45) is 11.8 Å². The summed E-state index contributed by atoms with van der Waals surface area (Å²) in [5.74, 6) is 8.28. The quantitative estimate of drug-likeness (QED) is 0.604. The van der Waals surface area contributed by atoms with Gasteiger partial charge in [-0.3, -0.25) is 11.3 Å². The van der Waals surface area contributed by atoms with E-state index in [1.807, 2.05) is 11.8 Å². The van der Waals surface area contributed by atoms with E-state index in [0.29, 0.717) is 5.92 Å². The maximum absolute atomic E-state index is 6.16. The number of nitrogens with two attached hydrogens (primary N) is 1. The van der Waals surface area contributed by atoms with Crippen LogP contribution in [-0.4, -0.2) is 41.5 Å². The normalized spacial score (nSPS) is 36.5. The fourth-order valence-corrected chi connectivity index (χ4v) is 4.28. The van der Waals surface area contributed by atoms with E-state index in [4.69, 9.17) is 15.3 Å². The van der Waals surface area contributed by atoms with Gasteiger partial charge >= 0.3 is 0 Å². The van der Waals surface area contributed by atoms with Gasteiger partial charge in [-0.15, -0.1) is 0 Å². The maximum atomic E-state index is 6.16. The second-order valence-electron chi connectivity index (χ2n) is 6.45. The molecule has 2 heterocycles. The third-order valence-electron chi connectivity index (χ3n) is 4.01. The minimum Gasteiger partial charge on any atom is -0.375 e. The van der Waals surface area contributed by atoms with Crippen LogP contribution in [-0.2, 0) is 9.47 Å². The highest BCUT2D eigenvalue weighted by atomic mass is 32.2. The summed E-state index contributed by atoms with van der Waals surface area (Å²) in [6.45, 7) is 9.45. The lowest BCUT2D eigenvalue weighted by Crippen LogP contribution is -2.55. The average Bonchev–Trinajstić information content (AvgIpc) is 2.50. The molecule has 2 rings (SSSR count). The minimum atomic E-state index is -0.161. The van der Waals surface area contributed by atoms with Crippen molar-refractivity contribution in [1.29, 1.82) is 0 Å². The summed E-state index contributed by atoms with van der Waals surface area (Å²) >= 11 is 1.94. The van der Waals surface area contributed by atoms with Crippen LogP contribution in [0.4, 0.5) is 0 Å². The van der Waals surface area contributed by atoms with Gasteiger partial charge in [0.15, 0.2) is 0 Å². The van der Waals surface area contributed by atoms with E-state index < -0.39 is 0 Å². The first-order valence-electron chi connectivity index (χ1n) is 6.71. The van der Waals surface area contributed by atoms with E-state index in [-0.39, 0.29) is 23.3 Å². The van der Waals surface area contributed by atoms with Crippen molar-refractivity contribution in [3.8, 4) is 0 Å². The first-order chi connectivity index (χ1) is 8.36. The molecule has 2 aliphatic heterocycles. The number of thioether (sulfide) groups is 1. The van der Waals surface area contributed by atoms with Crippen molar-refractivity contribution >= 4 is 11.8 Å². The summed E-state index contributed by atoms with van der Waals surface area (Å²) in [5, 5.41) is 0. The zero-order valence-corrected chi connectivity index (χ0v) is 12.7. The zero-order valence-electron chi connectivity index (χ0n) is 11.9. The summed E-state index contributed by atoms with van der Waals surface area (Å²) in [6.07, 6.45) is 1.20. The molecule has 0 spiro atoms. The van der Waals surface area contributed by atoms with Gasteiger partial charge in [0.05, 0.1) is 30.0 Å². The van der Waals surface area contributed by atoms with Crippen molar-refractivity contribution in [2.45, 2.75) is 57.5 Å². The topological polar surface area (TPSA) is 56.5 Å². The highest BCUT2D eigenvalue weighted by Gasteiger charge is 2.50. The van der Waals surface area contributed by atoms with Gasteiger partial charge in [-0.25, -0.2) is 0 Å². The predicted octanol–water partition coefficient (Wildman–Crippen LogP) is 1.54. The summed E-state index contributed by atoms with van der Waals surface area (Å²) in [4.78, 5) is 0. The Labute approximate surface area is 114 Å². The van der Waals surface area contributed by atoms with Gasteiger partial charge in [-0.2, -0.15) is 11.8 Å². The Morgan fingerprint density at radius 3 is 2.50 bits per heavy atom. The number of ether oxygens (including phenoxy) is 2. The van der Waals surface area contributed by atoms with Crippen LogP contribution in [0, 0.1) is 5.92 Å². The van der Waals surface area contributed by atoms with Crippen LogP contribution in [0.15, 0.2) is 0 Å². The standard InChI is InChI=1S/C13H26N2O2S/c1-12(2)7-9(13(3,4)17-12)11(15-14)10-8-18-6-5-16-10/h9-11,15H,5-8,14H2,1-4H3. The molecule has 18 heavy (non-hydrogen) atoms. The molecular weight excluding hydrogens is 248 g/mol. The van der Waals surface area contributed by atoms with Crippen molar-refractivity contribution in [2.75, 3.05) is 18.1 Å². The first kappa shape index (κ1) is 14.6. The summed E-state index contributed by atoms with van der Waals surface area (Å²) in [6, 6.07) is 0.162. The summed E-state index contributed by atoms with van der Waals surface area (Å²) in [5.41, 5.74) is 2.75. The Bertz CT molecular complexity index is 291. The number of hydrazine groups is 1. The van der Waals surface area contributed by atoms with Crippen LogP contribution < -0.4 is 11.3 Å². The molecule has 0 amide bonds. The fraction of sp³-hybridized carbons (Fsp3) is 1.00. The first-order valence-corrected chi connectivity index (χ1v) is 7.87. The SMILES string of the molecule is CC1(C)CC(C(NN)C2CSCCO2)C(C)(C)O1. The van der Waals surface area contributed by atoms with E-state index in [9.17, 15) is 0 Å².